The number of nitrogens with zero attached hydrogens (tertiary/aromatic N) is 1. The molecule has 1 aromatic carbocycles. The molecule has 1 atom stereocenters. The Hall–Kier alpha value is -1.88. The van der Waals surface area contributed by atoms with Crippen molar-refractivity contribution in [2.75, 3.05) is 26.7 Å². The lowest BCUT2D eigenvalue weighted by atomic mass is 10.1. The second kappa shape index (κ2) is 5.84. The standard InChI is InChI=1S/C14H18N2O3/c1-19-13-5-3-2-4-11(13)12(17)9-16-7-6-10(8-16)14(15)18/h2-5,10H,6-9H2,1H3,(H2,15,18). The summed E-state index contributed by atoms with van der Waals surface area (Å²) in [4.78, 5) is 25.3. The molecule has 1 aromatic rings. The van der Waals surface area contributed by atoms with Gasteiger partial charge < -0.3 is 10.5 Å². The average Bonchev–Trinajstić information content (AvgIpc) is 2.87. The van der Waals surface area contributed by atoms with Gasteiger partial charge in [-0.1, -0.05) is 12.1 Å². The van der Waals surface area contributed by atoms with Crippen LogP contribution in [0.5, 0.6) is 5.75 Å². The van der Waals surface area contributed by atoms with Crippen molar-refractivity contribution in [1.82, 2.24) is 4.90 Å². The molecule has 0 radical (unpaired) electrons. The van der Waals surface area contributed by atoms with Gasteiger partial charge >= 0.3 is 0 Å². The fourth-order valence-electron chi connectivity index (χ4n) is 2.37. The van der Waals surface area contributed by atoms with Gasteiger partial charge in [-0.25, -0.2) is 0 Å². The van der Waals surface area contributed by atoms with Crippen molar-refractivity contribution >= 4 is 11.7 Å². The highest BCUT2D eigenvalue weighted by Crippen LogP contribution is 2.20. The zero-order valence-electron chi connectivity index (χ0n) is 11.0. The third kappa shape index (κ3) is 3.12. The quantitative estimate of drug-likeness (QED) is 0.792. The van der Waals surface area contributed by atoms with Gasteiger partial charge in [0.15, 0.2) is 5.78 Å². The summed E-state index contributed by atoms with van der Waals surface area (Å²) in [5.41, 5.74) is 5.85. The minimum absolute atomic E-state index is 0.00238. The van der Waals surface area contributed by atoms with E-state index >= 15 is 0 Å². The Kier molecular flexibility index (Phi) is 4.16. The number of para-hydroxylation sites is 1. The molecule has 0 bridgehead atoms. The van der Waals surface area contributed by atoms with Crippen molar-refractivity contribution in [1.29, 1.82) is 0 Å². The number of rotatable bonds is 5. The molecule has 0 spiro atoms. The van der Waals surface area contributed by atoms with E-state index in [4.69, 9.17) is 10.5 Å². The molecule has 102 valence electrons. The highest BCUT2D eigenvalue weighted by molar-refractivity contribution is 6.00. The zero-order valence-corrected chi connectivity index (χ0v) is 11.0. The first-order chi connectivity index (χ1) is 9.11. The molecular weight excluding hydrogens is 244 g/mol. The van der Waals surface area contributed by atoms with E-state index in [1.165, 1.54) is 0 Å². The van der Waals surface area contributed by atoms with E-state index in [0.717, 1.165) is 13.0 Å². The number of likely N-dealkylation sites (tertiary alicyclic amines) is 1. The van der Waals surface area contributed by atoms with Crippen molar-refractivity contribution in [2.45, 2.75) is 6.42 Å². The maximum absolute atomic E-state index is 12.2. The number of hydrogen-bond donors (Lipinski definition) is 1. The monoisotopic (exact) mass is 262 g/mol. The maximum atomic E-state index is 12.2. The maximum Gasteiger partial charge on any atom is 0.221 e. The number of primary amides is 1. The fourth-order valence-corrected chi connectivity index (χ4v) is 2.37. The molecule has 5 nitrogen and oxygen atoms in total. The number of ether oxygens (including phenoxy) is 1. The Morgan fingerprint density at radius 2 is 2.16 bits per heavy atom. The fraction of sp³-hybridized carbons (Fsp3) is 0.429. The molecule has 1 saturated heterocycles. The van der Waals surface area contributed by atoms with Crippen LogP contribution in [-0.2, 0) is 4.79 Å². The molecule has 1 heterocycles. The van der Waals surface area contributed by atoms with Crippen LogP contribution in [0.3, 0.4) is 0 Å². The lowest BCUT2D eigenvalue weighted by molar-refractivity contribution is -0.121. The number of ketones is 1. The number of hydrogen-bond acceptors (Lipinski definition) is 4. The SMILES string of the molecule is COc1ccccc1C(=O)CN1CCC(C(N)=O)C1. The lowest BCUT2D eigenvalue weighted by Gasteiger charge is -2.15. The summed E-state index contributed by atoms with van der Waals surface area (Å²) in [6.07, 6.45) is 0.731. The van der Waals surface area contributed by atoms with Gasteiger partial charge in [0, 0.05) is 6.54 Å². The van der Waals surface area contributed by atoms with Crippen molar-refractivity contribution < 1.29 is 14.3 Å². The highest BCUT2D eigenvalue weighted by atomic mass is 16.5. The Bertz CT molecular complexity index is 487. The zero-order chi connectivity index (χ0) is 13.8. The summed E-state index contributed by atoms with van der Waals surface area (Å²) >= 11 is 0. The van der Waals surface area contributed by atoms with Crippen molar-refractivity contribution in [3.63, 3.8) is 0 Å². The summed E-state index contributed by atoms with van der Waals surface area (Å²) in [5.74, 6) is 0.165. The molecule has 5 heteroatoms. The van der Waals surface area contributed by atoms with Crippen LogP contribution >= 0.6 is 0 Å². The van der Waals surface area contributed by atoms with Crippen LogP contribution in [-0.4, -0.2) is 43.3 Å². The first-order valence-corrected chi connectivity index (χ1v) is 6.29. The number of carbonyl (C=O) groups is 2. The van der Waals surface area contributed by atoms with Crippen LogP contribution in [0.4, 0.5) is 0 Å². The van der Waals surface area contributed by atoms with Gasteiger partial charge in [0.2, 0.25) is 5.91 Å². The minimum atomic E-state index is -0.285. The number of carbonyl (C=O) groups excluding carboxylic acids is 2. The number of Topliss-reactive ketones (excluding diaryl/α,β-unsaturated/α-hetero) is 1. The molecule has 0 saturated carbocycles. The van der Waals surface area contributed by atoms with Crippen LogP contribution < -0.4 is 10.5 Å². The molecule has 2 N–H and O–H groups in total. The highest BCUT2D eigenvalue weighted by Gasteiger charge is 2.28. The van der Waals surface area contributed by atoms with Gasteiger partial charge in [0.05, 0.1) is 25.1 Å². The largest absolute Gasteiger partial charge is 0.496 e. The Morgan fingerprint density at radius 3 is 2.79 bits per heavy atom. The van der Waals surface area contributed by atoms with Gasteiger partial charge in [-0.2, -0.15) is 0 Å². The molecular formula is C14H18N2O3. The van der Waals surface area contributed by atoms with Gasteiger partial charge in [-0.3, -0.25) is 14.5 Å². The summed E-state index contributed by atoms with van der Waals surface area (Å²) in [7, 11) is 1.55. The minimum Gasteiger partial charge on any atom is -0.496 e. The number of benzene rings is 1. The predicted octanol–water partition coefficient (Wildman–Crippen LogP) is 0.685. The molecule has 1 fully saturated rings. The van der Waals surface area contributed by atoms with Gasteiger partial charge in [0.1, 0.15) is 5.75 Å². The van der Waals surface area contributed by atoms with Crippen LogP contribution in [0.25, 0.3) is 0 Å². The Morgan fingerprint density at radius 1 is 1.42 bits per heavy atom. The summed E-state index contributed by atoms with van der Waals surface area (Å²) < 4.78 is 5.18. The summed E-state index contributed by atoms with van der Waals surface area (Å²) in [5, 5.41) is 0. The average molecular weight is 262 g/mol. The van der Waals surface area contributed by atoms with Gasteiger partial charge in [-0.05, 0) is 25.1 Å². The van der Waals surface area contributed by atoms with Crippen LogP contribution in [0, 0.1) is 5.92 Å². The summed E-state index contributed by atoms with van der Waals surface area (Å²) in [6.45, 7) is 1.59. The van der Waals surface area contributed by atoms with E-state index in [9.17, 15) is 9.59 Å². The third-order valence-electron chi connectivity index (χ3n) is 3.45. The molecule has 1 unspecified atom stereocenters. The number of methoxy groups -OCH3 is 1. The first kappa shape index (κ1) is 13.5. The Balaban J connectivity index is 2.00. The first-order valence-electron chi connectivity index (χ1n) is 6.29. The molecule has 1 aliphatic heterocycles. The Labute approximate surface area is 112 Å². The van der Waals surface area contributed by atoms with Crippen LogP contribution in [0.15, 0.2) is 24.3 Å². The smallest absolute Gasteiger partial charge is 0.221 e. The number of nitrogens with two attached hydrogens (primary N) is 1. The second-order valence-electron chi connectivity index (χ2n) is 4.75. The van der Waals surface area contributed by atoms with Crippen LogP contribution in [0.1, 0.15) is 16.8 Å². The van der Waals surface area contributed by atoms with Gasteiger partial charge in [0.25, 0.3) is 0 Å². The van der Waals surface area contributed by atoms with E-state index in [1.54, 1.807) is 19.2 Å². The van der Waals surface area contributed by atoms with E-state index < -0.39 is 0 Å². The van der Waals surface area contributed by atoms with E-state index in [0.29, 0.717) is 24.4 Å². The third-order valence-corrected chi connectivity index (χ3v) is 3.45. The lowest BCUT2D eigenvalue weighted by Crippen LogP contribution is -2.31. The summed E-state index contributed by atoms with van der Waals surface area (Å²) in [6, 6.07) is 7.16. The topological polar surface area (TPSA) is 72.6 Å². The molecule has 2 rings (SSSR count). The van der Waals surface area contributed by atoms with Crippen molar-refractivity contribution in [3.8, 4) is 5.75 Å². The normalized spacial score (nSPS) is 19.3. The van der Waals surface area contributed by atoms with E-state index in [2.05, 4.69) is 0 Å². The molecule has 1 aliphatic rings. The molecule has 0 aromatic heterocycles. The van der Waals surface area contributed by atoms with Crippen molar-refractivity contribution in [3.05, 3.63) is 29.8 Å². The van der Waals surface area contributed by atoms with Crippen molar-refractivity contribution in [2.24, 2.45) is 11.7 Å². The molecule has 1 amide bonds. The molecule has 0 aliphatic carbocycles. The van der Waals surface area contributed by atoms with E-state index in [1.807, 2.05) is 17.0 Å². The molecule has 19 heavy (non-hydrogen) atoms. The van der Waals surface area contributed by atoms with E-state index in [-0.39, 0.29) is 17.6 Å². The predicted molar refractivity (Wildman–Crippen MR) is 71.1 cm³/mol. The second-order valence-corrected chi connectivity index (χ2v) is 4.75. The number of amides is 1. The van der Waals surface area contributed by atoms with Crippen LogP contribution in [0.2, 0.25) is 0 Å². The van der Waals surface area contributed by atoms with Gasteiger partial charge in [-0.15, -0.1) is 0 Å².